The molecule has 11 aromatic rings. The van der Waals surface area contributed by atoms with E-state index in [9.17, 15) is 0 Å². The third-order valence-corrected chi connectivity index (χ3v) is 11.0. The van der Waals surface area contributed by atoms with Crippen LogP contribution in [0.3, 0.4) is 0 Å². The van der Waals surface area contributed by atoms with Crippen LogP contribution in [0, 0.1) is 0 Å². The molecule has 9 aromatic carbocycles. The molecule has 2 heterocycles. The van der Waals surface area contributed by atoms with Gasteiger partial charge in [-0.25, -0.2) is 0 Å². The highest BCUT2D eigenvalue weighted by atomic mass is 16.3. The molecule has 0 spiro atoms. The maximum atomic E-state index is 6.47. The standard InChI is InChI=1S/C52H34N2O/c1-3-15-36(16-4-1)42-20-9-11-23-47(42)53(41-28-30-45-44-21-10-12-25-50(44)55-51(45)34-41)40-29-31-46-49(33-40)54(39-18-5-2-6-19-39)48-24-13-22-43(52(46)48)38-27-26-35-14-7-8-17-37(35)32-38/h1-34H. The lowest BCUT2D eigenvalue weighted by Gasteiger charge is -2.28. The van der Waals surface area contributed by atoms with Crippen LogP contribution in [0.4, 0.5) is 17.1 Å². The van der Waals surface area contributed by atoms with Crippen LogP contribution in [0.25, 0.3) is 82.5 Å². The summed E-state index contributed by atoms with van der Waals surface area (Å²) < 4.78 is 8.89. The summed E-state index contributed by atoms with van der Waals surface area (Å²) in [6.07, 6.45) is 0. The molecular formula is C52H34N2O. The van der Waals surface area contributed by atoms with Gasteiger partial charge in [0.25, 0.3) is 0 Å². The second-order valence-electron chi connectivity index (χ2n) is 14.1. The summed E-state index contributed by atoms with van der Waals surface area (Å²) >= 11 is 0. The van der Waals surface area contributed by atoms with E-state index < -0.39 is 0 Å². The summed E-state index contributed by atoms with van der Waals surface area (Å²) in [5.74, 6) is 0. The van der Waals surface area contributed by atoms with Crippen molar-refractivity contribution in [3.8, 4) is 27.9 Å². The topological polar surface area (TPSA) is 21.3 Å². The van der Waals surface area contributed by atoms with Crippen LogP contribution in [0.15, 0.2) is 211 Å². The fraction of sp³-hybridized carbons (Fsp3) is 0. The first-order valence-electron chi connectivity index (χ1n) is 18.8. The molecule has 0 radical (unpaired) electrons. The average molecular weight is 703 g/mol. The third kappa shape index (κ3) is 5.13. The van der Waals surface area contributed by atoms with Crippen molar-refractivity contribution in [2.24, 2.45) is 0 Å². The zero-order valence-corrected chi connectivity index (χ0v) is 29.9. The van der Waals surface area contributed by atoms with Crippen LogP contribution in [0.1, 0.15) is 0 Å². The molecule has 3 heteroatoms. The van der Waals surface area contributed by atoms with E-state index in [0.29, 0.717) is 0 Å². The molecule has 0 aliphatic rings. The quantitative estimate of drug-likeness (QED) is 0.172. The lowest BCUT2D eigenvalue weighted by molar-refractivity contribution is 0.669. The molecule has 0 aliphatic carbocycles. The van der Waals surface area contributed by atoms with E-state index in [1.807, 2.05) is 12.1 Å². The molecule has 11 rings (SSSR count). The van der Waals surface area contributed by atoms with E-state index in [2.05, 4.69) is 204 Å². The third-order valence-electron chi connectivity index (χ3n) is 11.0. The molecule has 0 N–H and O–H groups in total. The molecule has 0 saturated carbocycles. The Bertz CT molecular complexity index is 3210. The molecule has 3 nitrogen and oxygen atoms in total. The average Bonchev–Trinajstić information content (AvgIpc) is 3.79. The zero-order valence-electron chi connectivity index (χ0n) is 29.9. The maximum absolute atomic E-state index is 6.47. The number of anilines is 3. The fourth-order valence-corrected chi connectivity index (χ4v) is 8.46. The first-order chi connectivity index (χ1) is 27.3. The van der Waals surface area contributed by atoms with Crippen molar-refractivity contribution in [2.45, 2.75) is 0 Å². The number of para-hydroxylation sites is 3. The van der Waals surface area contributed by atoms with Gasteiger partial charge in [0.05, 0.1) is 16.7 Å². The molecule has 0 fully saturated rings. The van der Waals surface area contributed by atoms with Gasteiger partial charge in [0.15, 0.2) is 0 Å². The molecule has 0 aliphatic heterocycles. The Labute approximate surface area is 318 Å². The molecule has 0 unspecified atom stereocenters. The second-order valence-corrected chi connectivity index (χ2v) is 14.1. The molecule has 2 aromatic heterocycles. The van der Waals surface area contributed by atoms with E-state index in [1.54, 1.807) is 0 Å². The van der Waals surface area contributed by atoms with Crippen LogP contribution in [-0.4, -0.2) is 4.57 Å². The molecule has 0 saturated heterocycles. The van der Waals surface area contributed by atoms with Gasteiger partial charge in [0.2, 0.25) is 0 Å². The summed E-state index contributed by atoms with van der Waals surface area (Å²) in [6.45, 7) is 0. The van der Waals surface area contributed by atoms with Crippen molar-refractivity contribution in [1.82, 2.24) is 4.57 Å². The minimum atomic E-state index is 0.861. The minimum Gasteiger partial charge on any atom is -0.456 e. The van der Waals surface area contributed by atoms with Crippen molar-refractivity contribution in [2.75, 3.05) is 4.90 Å². The van der Waals surface area contributed by atoms with E-state index in [4.69, 9.17) is 4.42 Å². The molecule has 55 heavy (non-hydrogen) atoms. The Balaban J connectivity index is 1.19. The van der Waals surface area contributed by atoms with E-state index in [0.717, 1.165) is 61.3 Å². The summed E-state index contributed by atoms with van der Waals surface area (Å²) in [6, 6.07) is 74.0. The Kier molecular flexibility index (Phi) is 7.17. The van der Waals surface area contributed by atoms with Gasteiger partial charge in [-0.1, -0.05) is 140 Å². The van der Waals surface area contributed by atoms with Gasteiger partial charge < -0.3 is 13.9 Å². The smallest absolute Gasteiger partial charge is 0.137 e. The zero-order chi connectivity index (χ0) is 36.3. The number of fused-ring (bicyclic) bond motifs is 7. The Morgan fingerprint density at radius 2 is 1.05 bits per heavy atom. The summed E-state index contributed by atoms with van der Waals surface area (Å²) in [4.78, 5) is 2.38. The van der Waals surface area contributed by atoms with E-state index in [-0.39, 0.29) is 0 Å². The number of rotatable bonds is 6. The first-order valence-corrected chi connectivity index (χ1v) is 18.8. The summed E-state index contributed by atoms with van der Waals surface area (Å²) in [7, 11) is 0. The number of aromatic nitrogens is 1. The van der Waals surface area contributed by atoms with Gasteiger partial charge in [-0.05, 0) is 88.1 Å². The first kappa shape index (κ1) is 31.2. The molecule has 0 amide bonds. The predicted octanol–water partition coefficient (Wildman–Crippen LogP) is 14.6. The van der Waals surface area contributed by atoms with Gasteiger partial charge in [-0.2, -0.15) is 0 Å². The van der Waals surface area contributed by atoms with Gasteiger partial charge in [-0.15, -0.1) is 0 Å². The van der Waals surface area contributed by atoms with Crippen molar-refractivity contribution in [1.29, 1.82) is 0 Å². The number of hydrogen-bond donors (Lipinski definition) is 0. The number of nitrogens with zero attached hydrogens (tertiary/aromatic N) is 2. The predicted molar refractivity (Wildman–Crippen MR) is 231 cm³/mol. The lowest BCUT2D eigenvalue weighted by Crippen LogP contribution is -2.11. The normalized spacial score (nSPS) is 11.6. The molecular weight excluding hydrogens is 669 g/mol. The number of benzene rings is 9. The Morgan fingerprint density at radius 3 is 1.93 bits per heavy atom. The lowest BCUT2D eigenvalue weighted by atomic mass is 9.97. The number of furan rings is 1. The van der Waals surface area contributed by atoms with Crippen LogP contribution < -0.4 is 4.90 Å². The van der Waals surface area contributed by atoms with E-state index in [1.165, 1.54) is 38.2 Å². The molecule has 0 bridgehead atoms. The van der Waals surface area contributed by atoms with Gasteiger partial charge >= 0.3 is 0 Å². The monoisotopic (exact) mass is 702 g/mol. The molecule has 258 valence electrons. The molecule has 0 atom stereocenters. The number of hydrogen-bond acceptors (Lipinski definition) is 2. The summed E-state index contributed by atoms with van der Waals surface area (Å²) in [5.41, 5.74) is 13.1. The van der Waals surface area contributed by atoms with Crippen molar-refractivity contribution >= 4 is 71.6 Å². The second kappa shape index (κ2) is 12.6. The van der Waals surface area contributed by atoms with Gasteiger partial charge in [-0.3, -0.25) is 0 Å². The van der Waals surface area contributed by atoms with Crippen LogP contribution in [0.2, 0.25) is 0 Å². The van der Waals surface area contributed by atoms with Gasteiger partial charge in [0.1, 0.15) is 11.2 Å². The van der Waals surface area contributed by atoms with Crippen molar-refractivity contribution in [3.63, 3.8) is 0 Å². The minimum absolute atomic E-state index is 0.861. The van der Waals surface area contributed by atoms with Crippen molar-refractivity contribution in [3.05, 3.63) is 206 Å². The summed E-state index contributed by atoms with van der Waals surface area (Å²) in [5, 5.41) is 7.15. The van der Waals surface area contributed by atoms with Crippen LogP contribution in [-0.2, 0) is 0 Å². The highest BCUT2D eigenvalue weighted by Gasteiger charge is 2.22. The highest BCUT2D eigenvalue weighted by molar-refractivity contribution is 6.17. The maximum Gasteiger partial charge on any atom is 0.137 e. The Hall–Kier alpha value is -7.36. The highest BCUT2D eigenvalue weighted by Crippen LogP contribution is 2.46. The Morgan fingerprint density at radius 1 is 0.382 bits per heavy atom. The largest absolute Gasteiger partial charge is 0.456 e. The SMILES string of the molecule is c1ccc(-c2ccccc2N(c2ccc3c(c2)oc2ccccc23)c2ccc3c4c(-c5ccc6ccccc6c5)cccc4n(-c4ccccc4)c3c2)cc1. The van der Waals surface area contributed by atoms with Crippen LogP contribution in [0.5, 0.6) is 0 Å². The van der Waals surface area contributed by atoms with Crippen LogP contribution >= 0.6 is 0 Å². The fourth-order valence-electron chi connectivity index (χ4n) is 8.46. The van der Waals surface area contributed by atoms with Crippen molar-refractivity contribution < 1.29 is 4.42 Å². The van der Waals surface area contributed by atoms with E-state index >= 15 is 0 Å². The van der Waals surface area contributed by atoms with Gasteiger partial charge in [0, 0.05) is 50.2 Å².